The molecule has 0 fully saturated rings. The Labute approximate surface area is 146 Å². The van der Waals surface area contributed by atoms with E-state index in [1.54, 1.807) is 29.4 Å². The summed E-state index contributed by atoms with van der Waals surface area (Å²) in [4.78, 5) is 34.0. The van der Waals surface area contributed by atoms with Gasteiger partial charge in [-0.25, -0.2) is 0 Å². The fourth-order valence-corrected chi connectivity index (χ4v) is 2.74. The summed E-state index contributed by atoms with van der Waals surface area (Å²) in [5.41, 5.74) is 1.31. The molecule has 2 aromatic heterocycles. The summed E-state index contributed by atoms with van der Waals surface area (Å²) in [5, 5.41) is 0.947. The topological polar surface area (TPSA) is 66.1 Å². The van der Waals surface area contributed by atoms with Gasteiger partial charge in [-0.1, -0.05) is 18.2 Å². The average molecular weight is 335 g/mol. The van der Waals surface area contributed by atoms with Crippen molar-refractivity contribution in [3.8, 4) is 0 Å². The first-order chi connectivity index (χ1) is 11.9. The van der Waals surface area contributed by atoms with Crippen LogP contribution in [0.2, 0.25) is 0 Å². The quantitative estimate of drug-likeness (QED) is 0.798. The molecule has 5 nitrogen and oxygen atoms in total. The van der Waals surface area contributed by atoms with Crippen LogP contribution in [0.1, 0.15) is 36.7 Å². The maximum Gasteiger partial charge on any atom is 0.254 e. The van der Waals surface area contributed by atoms with Crippen LogP contribution in [-0.4, -0.2) is 26.3 Å². The maximum absolute atomic E-state index is 13.0. The first kappa shape index (κ1) is 16.9. The van der Waals surface area contributed by atoms with E-state index in [9.17, 15) is 9.59 Å². The van der Waals surface area contributed by atoms with Crippen LogP contribution in [0.15, 0.2) is 59.7 Å². The molecule has 1 N–H and O–H groups in total. The number of aromatic amines is 1. The van der Waals surface area contributed by atoms with E-state index in [2.05, 4.69) is 9.97 Å². The highest BCUT2D eigenvalue weighted by Gasteiger charge is 2.28. The number of carbonyl (C=O) groups is 1. The van der Waals surface area contributed by atoms with Crippen LogP contribution >= 0.6 is 0 Å². The molecule has 0 aliphatic rings. The minimum atomic E-state index is -0.432. The van der Waals surface area contributed by atoms with Gasteiger partial charge in [0.25, 0.3) is 11.5 Å². The van der Waals surface area contributed by atoms with Crippen LogP contribution < -0.4 is 5.56 Å². The third-order valence-electron chi connectivity index (χ3n) is 4.14. The molecule has 0 aliphatic carbocycles. The van der Waals surface area contributed by atoms with Crippen LogP contribution in [0.4, 0.5) is 0 Å². The van der Waals surface area contributed by atoms with Gasteiger partial charge in [0.2, 0.25) is 0 Å². The monoisotopic (exact) mass is 335 g/mol. The number of nitrogens with zero attached hydrogens (tertiary/aromatic N) is 2. The highest BCUT2D eigenvalue weighted by Crippen LogP contribution is 2.20. The van der Waals surface area contributed by atoms with Gasteiger partial charge < -0.3 is 9.88 Å². The maximum atomic E-state index is 13.0. The van der Waals surface area contributed by atoms with Crippen molar-refractivity contribution in [1.29, 1.82) is 0 Å². The van der Waals surface area contributed by atoms with E-state index in [0.717, 1.165) is 10.9 Å². The number of nitrogens with one attached hydrogen (secondary N) is 1. The summed E-state index contributed by atoms with van der Waals surface area (Å²) in [6.07, 6.45) is 3.19. The Balaban J connectivity index is 2.00. The minimum absolute atomic E-state index is 0.123. The number of amides is 1. The second-order valence-corrected chi connectivity index (χ2v) is 7.01. The van der Waals surface area contributed by atoms with E-state index in [4.69, 9.17) is 0 Å². The Kier molecular flexibility index (Phi) is 4.40. The van der Waals surface area contributed by atoms with Crippen LogP contribution in [0.3, 0.4) is 0 Å². The van der Waals surface area contributed by atoms with E-state index < -0.39 is 5.54 Å². The molecule has 0 unspecified atom stereocenters. The molecule has 128 valence electrons. The van der Waals surface area contributed by atoms with E-state index in [-0.39, 0.29) is 18.0 Å². The second kappa shape index (κ2) is 6.51. The lowest BCUT2D eigenvalue weighted by atomic mass is 10.0. The Morgan fingerprint density at radius 1 is 1.12 bits per heavy atom. The minimum Gasteiger partial charge on any atom is -0.329 e. The summed E-state index contributed by atoms with van der Waals surface area (Å²) in [6, 6.07) is 12.8. The highest BCUT2D eigenvalue weighted by molar-refractivity contribution is 5.94. The van der Waals surface area contributed by atoms with Crippen molar-refractivity contribution in [3.63, 3.8) is 0 Å². The number of pyridine rings is 2. The molecular formula is C20H21N3O2. The molecule has 25 heavy (non-hydrogen) atoms. The Hall–Kier alpha value is -2.95. The van der Waals surface area contributed by atoms with Crippen LogP contribution in [-0.2, 0) is 6.54 Å². The van der Waals surface area contributed by atoms with E-state index >= 15 is 0 Å². The van der Waals surface area contributed by atoms with E-state index in [1.807, 2.05) is 51.1 Å². The lowest BCUT2D eigenvalue weighted by Crippen LogP contribution is -2.46. The predicted molar refractivity (Wildman–Crippen MR) is 98.4 cm³/mol. The standard InChI is InChI=1S/C20H21N3O2/c1-20(2,3)23(19(25)14-8-10-21-11-9-14)13-16-12-15-6-4-5-7-17(15)22-18(16)24/h4-12H,13H2,1-3H3,(H,22,24). The fraction of sp³-hybridized carbons (Fsp3) is 0.250. The van der Waals surface area contributed by atoms with Crippen molar-refractivity contribution < 1.29 is 4.79 Å². The van der Waals surface area contributed by atoms with Gasteiger partial charge in [0, 0.05) is 34.6 Å². The highest BCUT2D eigenvalue weighted by atomic mass is 16.2. The summed E-state index contributed by atoms with van der Waals surface area (Å²) in [7, 11) is 0. The molecule has 0 saturated heterocycles. The van der Waals surface area contributed by atoms with Crippen molar-refractivity contribution in [1.82, 2.24) is 14.9 Å². The Morgan fingerprint density at radius 3 is 2.48 bits per heavy atom. The second-order valence-electron chi connectivity index (χ2n) is 7.01. The van der Waals surface area contributed by atoms with Crippen molar-refractivity contribution in [2.45, 2.75) is 32.9 Å². The van der Waals surface area contributed by atoms with Crippen molar-refractivity contribution in [2.24, 2.45) is 0 Å². The fourth-order valence-electron chi connectivity index (χ4n) is 2.74. The normalized spacial score (nSPS) is 11.5. The summed E-state index contributed by atoms with van der Waals surface area (Å²) >= 11 is 0. The number of fused-ring (bicyclic) bond motifs is 1. The van der Waals surface area contributed by atoms with Crippen LogP contribution in [0.25, 0.3) is 10.9 Å². The molecule has 0 radical (unpaired) electrons. The largest absolute Gasteiger partial charge is 0.329 e. The van der Waals surface area contributed by atoms with Gasteiger partial charge in [0.05, 0.1) is 6.54 Å². The summed E-state index contributed by atoms with van der Waals surface area (Å²) in [5.74, 6) is -0.123. The number of aromatic nitrogens is 2. The molecule has 0 saturated carbocycles. The molecular weight excluding hydrogens is 314 g/mol. The van der Waals surface area contributed by atoms with Gasteiger partial charge in [0.15, 0.2) is 0 Å². The molecule has 5 heteroatoms. The Morgan fingerprint density at radius 2 is 1.80 bits per heavy atom. The van der Waals surface area contributed by atoms with Crippen molar-refractivity contribution >= 4 is 16.8 Å². The van der Waals surface area contributed by atoms with Crippen LogP contribution in [0.5, 0.6) is 0 Å². The molecule has 1 aromatic carbocycles. The number of H-pyrrole nitrogens is 1. The number of carbonyl (C=O) groups excluding carboxylic acids is 1. The third kappa shape index (κ3) is 3.60. The first-order valence-corrected chi connectivity index (χ1v) is 8.19. The lowest BCUT2D eigenvalue weighted by molar-refractivity contribution is 0.0558. The summed E-state index contributed by atoms with van der Waals surface area (Å²) in [6.45, 7) is 6.12. The van der Waals surface area contributed by atoms with Gasteiger partial charge >= 0.3 is 0 Å². The number of rotatable bonds is 3. The molecule has 3 rings (SSSR count). The molecule has 0 spiro atoms. The average Bonchev–Trinajstić information content (AvgIpc) is 2.59. The Bertz CT molecular complexity index is 956. The van der Waals surface area contributed by atoms with Crippen LogP contribution in [0, 0.1) is 0 Å². The molecule has 0 bridgehead atoms. The molecule has 0 aliphatic heterocycles. The number of para-hydroxylation sites is 1. The molecule has 2 heterocycles. The molecule has 3 aromatic rings. The van der Waals surface area contributed by atoms with E-state index in [1.165, 1.54) is 0 Å². The van der Waals surface area contributed by atoms with Gasteiger partial charge in [-0.05, 0) is 50.4 Å². The lowest BCUT2D eigenvalue weighted by Gasteiger charge is -2.35. The van der Waals surface area contributed by atoms with E-state index in [0.29, 0.717) is 11.1 Å². The SMILES string of the molecule is CC(C)(C)N(Cc1cc2ccccc2[nH]c1=O)C(=O)c1ccncc1. The first-order valence-electron chi connectivity index (χ1n) is 8.19. The van der Waals surface area contributed by atoms with Gasteiger partial charge in [-0.3, -0.25) is 14.6 Å². The zero-order valence-corrected chi connectivity index (χ0v) is 14.6. The van der Waals surface area contributed by atoms with Crippen molar-refractivity contribution in [2.75, 3.05) is 0 Å². The van der Waals surface area contributed by atoms with Gasteiger partial charge in [-0.2, -0.15) is 0 Å². The molecule has 0 atom stereocenters. The number of benzene rings is 1. The van der Waals surface area contributed by atoms with Gasteiger partial charge in [0.1, 0.15) is 0 Å². The predicted octanol–water partition coefficient (Wildman–Crippen LogP) is 3.36. The number of hydrogen-bond donors (Lipinski definition) is 1. The number of hydrogen-bond acceptors (Lipinski definition) is 3. The zero-order chi connectivity index (χ0) is 18.0. The van der Waals surface area contributed by atoms with Gasteiger partial charge in [-0.15, -0.1) is 0 Å². The molecule has 1 amide bonds. The smallest absolute Gasteiger partial charge is 0.254 e. The summed E-state index contributed by atoms with van der Waals surface area (Å²) < 4.78 is 0. The third-order valence-corrected chi connectivity index (χ3v) is 4.14. The zero-order valence-electron chi connectivity index (χ0n) is 14.6. The van der Waals surface area contributed by atoms with Crippen molar-refractivity contribution in [3.05, 3.63) is 76.3 Å².